The molecule has 0 aromatic heterocycles. The number of esters is 2. The lowest BCUT2D eigenvalue weighted by Crippen LogP contribution is -2.41. The Kier molecular flexibility index (Phi) is 3.70. The molecule has 11 heavy (non-hydrogen) atoms. The monoisotopic (exact) mass is 161 g/mol. The highest BCUT2D eigenvalue weighted by atomic mass is 16.6. The molecule has 0 aliphatic carbocycles. The molecule has 0 heterocycles. The smallest absolute Gasteiger partial charge is 0.333 e. The maximum Gasteiger partial charge on any atom is 0.333 e. The third-order valence-electron chi connectivity index (χ3n) is 1.04. The van der Waals surface area contributed by atoms with Gasteiger partial charge < -0.3 is 15.6 Å². The van der Waals surface area contributed by atoms with Crippen molar-refractivity contribution in [1.82, 2.24) is 0 Å². The Labute approximate surface area is 64.1 Å². The normalized spacial score (nSPS) is 15.3. The van der Waals surface area contributed by atoms with Gasteiger partial charge in [0.05, 0.1) is 6.10 Å². The van der Waals surface area contributed by atoms with E-state index in [-0.39, 0.29) is 0 Å². The SMILES string of the molecule is CC(=O)OC(=O)C(N)C(C)O. The molecule has 0 saturated carbocycles. The minimum absolute atomic E-state index is 0.730. The largest absolute Gasteiger partial charge is 0.392 e. The number of carbonyl (C=O) groups excluding carboxylic acids is 2. The summed E-state index contributed by atoms with van der Waals surface area (Å²) in [5, 5.41) is 8.77. The van der Waals surface area contributed by atoms with Crippen LogP contribution in [0.15, 0.2) is 0 Å². The van der Waals surface area contributed by atoms with Crippen LogP contribution in [0.1, 0.15) is 13.8 Å². The summed E-state index contributed by atoms with van der Waals surface area (Å²) >= 11 is 0. The molecule has 2 atom stereocenters. The molecule has 0 aliphatic heterocycles. The minimum Gasteiger partial charge on any atom is -0.392 e. The van der Waals surface area contributed by atoms with Crippen molar-refractivity contribution in [1.29, 1.82) is 0 Å². The average molecular weight is 161 g/mol. The number of aliphatic hydroxyl groups excluding tert-OH is 1. The Morgan fingerprint density at radius 1 is 1.55 bits per heavy atom. The molecular weight excluding hydrogens is 150 g/mol. The second-order valence-corrected chi connectivity index (χ2v) is 2.18. The molecule has 2 unspecified atom stereocenters. The van der Waals surface area contributed by atoms with Crippen LogP contribution in [0.3, 0.4) is 0 Å². The number of nitrogens with two attached hydrogens (primary N) is 1. The standard InChI is InChI=1S/C6H11NO4/c1-3(8)5(7)6(10)11-4(2)9/h3,5,8H,7H2,1-2H3. The summed E-state index contributed by atoms with van der Waals surface area (Å²) in [4.78, 5) is 20.9. The van der Waals surface area contributed by atoms with Gasteiger partial charge in [-0.3, -0.25) is 4.79 Å². The molecule has 0 amide bonds. The Morgan fingerprint density at radius 3 is 2.27 bits per heavy atom. The first kappa shape index (κ1) is 10.1. The van der Waals surface area contributed by atoms with Gasteiger partial charge in [-0.05, 0) is 6.92 Å². The molecule has 0 rings (SSSR count). The van der Waals surface area contributed by atoms with Crippen LogP contribution in [0.5, 0.6) is 0 Å². The van der Waals surface area contributed by atoms with Gasteiger partial charge in [0.15, 0.2) is 0 Å². The van der Waals surface area contributed by atoms with Crippen molar-refractivity contribution in [2.45, 2.75) is 26.0 Å². The summed E-state index contributed by atoms with van der Waals surface area (Å²) in [6, 6.07) is -1.15. The van der Waals surface area contributed by atoms with Crippen molar-refractivity contribution in [2.75, 3.05) is 0 Å². The highest BCUT2D eigenvalue weighted by molar-refractivity contribution is 5.87. The molecule has 0 radical (unpaired) electrons. The number of aliphatic hydroxyl groups is 1. The Bertz CT molecular complexity index is 166. The quantitative estimate of drug-likeness (QED) is 0.391. The number of hydrogen-bond acceptors (Lipinski definition) is 5. The fraction of sp³-hybridized carbons (Fsp3) is 0.667. The maximum atomic E-state index is 10.7. The van der Waals surface area contributed by atoms with Crippen LogP contribution in [0, 0.1) is 0 Å². The van der Waals surface area contributed by atoms with E-state index in [1.165, 1.54) is 6.92 Å². The highest BCUT2D eigenvalue weighted by Crippen LogP contribution is 1.92. The van der Waals surface area contributed by atoms with E-state index < -0.39 is 24.1 Å². The van der Waals surface area contributed by atoms with E-state index in [1.807, 2.05) is 0 Å². The third kappa shape index (κ3) is 3.69. The number of rotatable bonds is 2. The van der Waals surface area contributed by atoms with Gasteiger partial charge in [-0.25, -0.2) is 4.79 Å². The van der Waals surface area contributed by atoms with Gasteiger partial charge in [0.25, 0.3) is 0 Å². The number of carbonyl (C=O) groups is 2. The number of hydrogen-bond donors (Lipinski definition) is 2. The van der Waals surface area contributed by atoms with Crippen LogP contribution in [0.4, 0.5) is 0 Å². The zero-order chi connectivity index (χ0) is 9.02. The molecule has 5 heteroatoms. The molecule has 0 aromatic rings. The molecule has 0 spiro atoms. The van der Waals surface area contributed by atoms with Gasteiger partial charge in [-0.15, -0.1) is 0 Å². The Morgan fingerprint density at radius 2 is 2.00 bits per heavy atom. The zero-order valence-electron chi connectivity index (χ0n) is 6.40. The van der Waals surface area contributed by atoms with Crippen molar-refractivity contribution in [3.8, 4) is 0 Å². The van der Waals surface area contributed by atoms with Crippen LogP contribution >= 0.6 is 0 Å². The van der Waals surface area contributed by atoms with Gasteiger partial charge in [0.1, 0.15) is 6.04 Å². The summed E-state index contributed by atoms with van der Waals surface area (Å²) in [6.45, 7) is 2.43. The summed E-state index contributed by atoms with van der Waals surface area (Å²) in [6.07, 6.45) is -1.01. The molecule has 5 nitrogen and oxygen atoms in total. The molecule has 64 valence electrons. The minimum atomic E-state index is -1.15. The maximum absolute atomic E-state index is 10.7. The van der Waals surface area contributed by atoms with Crippen LogP contribution < -0.4 is 5.73 Å². The van der Waals surface area contributed by atoms with E-state index in [0.29, 0.717) is 0 Å². The van der Waals surface area contributed by atoms with Crippen LogP contribution in [0.25, 0.3) is 0 Å². The highest BCUT2D eigenvalue weighted by Gasteiger charge is 2.21. The Hall–Kier alpha value is -0.940. The molecule has 0 aromatic carbocycles. The van der Waals surface area contributed by atoms with E-state index in [2.05, 4.69) is 4.74 Å². The fourth-order valence-electron chi connectivity index (χ4n) is 0.407. The van der Waals surface area contributed by atoms with E-state index in [4.69, 9.17) is 10.8 Å². The van der Waals surface area contributed by atoms with Gasteiger partial charge >= 0.3 is 11.9 Å². The van der Waals surface area contributed by atoms with Crippen LogP contribution in [-0.4, -0.2) is 29.2 Å². The van der Waals surface area contributed by atoms with Gasteiger partial charge in [-0.2, -0.15) is 0 Å². The lowest BCUT2D eigenvalue weighted by atomic mass is 10.2. The molecule has 0 bridgehead atoms. The summed E-state index contributed by atoms with van der Waals surface area (Å²) in [5.74, 6) is -1.64. The first-order valence-corrected chi connectivity index (χ1v) is 3.11. The van der Waals surface area contributed by atoms with E-state index >= 15 is 0 Å². The topological polar surface area (TPSA) is 89.6 Å². The summed E-state index contributed by atoms with van der Waals surface area (Å²) < 4.78 is 4.11. The summed E-state index contributed by atoms with van der Waals surface area (Å²) in [5.41, 5.74) is 5.13. The lowest BCUT2D eigenvalue weighted by molar-refractivity contribution is -0.160. The van der Waals surface area contributed by atoms with Crippen LogP contribution in [0.2, 0.25) is 0 Å². The molecule has 0 aliphatic rings. The van der Waals surface area contributed by atoms with Crippen molar-refractivity contribution in [2.24, 2.45) is 5.73 Å². The molecule has 0 saturated heterocycles. The van der Waals surface area contributed by atoms with Gasteiger partial charge in [0.2, 0.25) is 0 Å². The van der Waals surface area contributed by atoms with Crippen molar-refractivity contribution < 1.29 is 19.4 Å². The van der Waals surface area contributed by atoms with E-state index in [9.17, 15) is 9.59 Å². The predicted octanol–water partition coefficient (Wildman–Crippen LogP) is -1.22. The summed E-state index contributed by atoms with van der Waals surface area (Å²) in [7, 11) is 0. The first-order valence-electron chi connectivity index (χ1n) is 3.11. The average Bonchev–Trinajstić information content (AvgIpc) is 1.84. The zero-order valence-corrected chi connectivity index (χ0v) is 6.40. The predicted molar refractivity (Wildman–Crippen MR) is 36.4 cm³/mol. The van der Waals surface area contributed by atoms with E-state index in [0.717, 1.165) is 6.92 Å². The Balaban J connectivity index is 3.93. The van der Waals surface area contributed by atoms with Crippen molar-refractivity contribution >= 4 is 11.9 Å². The number of ether oxygens (including phenoxy) is 1. The van der Waals surface area contributed by atoms with Gasteiger partial charge in [0, 0.05) is 6.92 Å². The second kappa shape index (κ2) is 4.05. The van der Waals surface area contributed by atoms with Gasteiger partial charge in [-0.1, -0.05) is 0 Å². The van der Waals surface area contributed by atoms with Crippen molar-refractivity contribution in [3.63, 3.8) is 0 Å². The second-order valence-electron chi connectivity index (χ2n) is 2.18. The van der Waals surface area contributed by atoms with E-state index in [1.54, 1.807) is 0 Å². The molecule has 3 N–H and O–H groups in total. The lowest BCUT2D eigenvalue weighted by Gasteiger charge is -2.11. The van der Waals surface area contributed by atoms with Crippen LogP contribution in [-0.2, 0) is 14.3 Å². The third-order valence-corrected chi connectivity index (χ3v) is 1.04. The fourth-order valence-corrected chi connectivity index (χ4v) is 0.407. The molecular formula is C6H11NO4. The first-order chi connectivity index (χ1) is 4.95. The molecule has 0 fully saturated rings. The van der Waals surface area contributed by atoms with Crippen molar-refractivity contribution in [3.05, 3.63) is 0 Å².